The Morgan fingerprint density at radius 1 is 1.20 bits per heavy atom. The first-order valence-electron chi connectivity index (χ1n) is 10.5. The fourth-order valence-electron chi connectivity index (χ4n) is 3.62. The number of hydrogen-bond donors (Lipinski definition) is 5. The Balaban J connectivity index is 1.82. The van der Waals surface area contributed by atoms with Crippen molar-refractivity contribution in [3.8, 4) is 11.3 Å². The monoisotopic (exact) mass is 490 g/mol. The highest BCUT2D eigenvalue weighted by Gasteiger charge is 2.13. The van der Waals surface area contributed by atoms with Crippen LogP contribution < -0.4 is 27.4 Å². The van der Waals surface area contributed by atoms with Crippen LogP contribution in [0.5, 0.6) is 0 Å². The molecule has 0 fully saturated rings. The minimum Gasteiger partial charge on any atom is -0.375 e. The normalized spacial score (nSPS) is 11.5. The molecule has 178 valence electrons. The lowest BCUT2D eigenvalue weighted by Gasteiger charge is -2.15. The second-order valence-corrected chi connectivity index (χ2v) is 8.03. The Bertz CT molecular complexity index is 1650. The molecule has 0 bridgehead atoms. The van der Waals surface area contributed by atoms with Crippen molar-refractivity contribution in [1.82, 2.24) is 28.8 Å². The van der Waals surface area contributed by atoms with Crippen LogP contribution in [-0.4, -0.2) is 36.8 Å². The summed E-state index contributed by atoms with van der Waals surface area (Å²) in [6.07, 6.45) is 4.23. The molecule has 12 heteroatoms. The summed E-state index contributed by atoms with van der Waals surface area (Å²) in [5, 5.41) is 30.9. The highest BCUT2D eigenvalue weighted by molar-refractivity contribution is 6.30. The van der Waals surface area contributed by atoms with Gasteiger partial charge in [0.1, 0.15) is 17.0 Å². The van der Waals surface area contributed by atoms with Crippen LogP contribution in [-0.2, 0) is 13.6 Å². The van der Waals surface area contributed by atoms with Gasteiger partial charge in [-0.2, -0.15) is 0 Å². The first-order valence-corrected chi connectivity index (χ1v) is 10.9. The summed E-state index contributed by atoms with van der Waals surface area (Å²) < 4.78 is 4.08. The zero-order valence-electron chi connectivity index (χ0n) is 19.0. The number of benzene rings is 1. The molecule has 0 saturated heterocycles. The van der Waals surface area contributed by atoms with Crippen molar-refractivity contribution in [2.45, 2.75) is 6.54 Å². The van der Waals surface area contributed by atoms with Crippen molar-refractivity contribution in [2.75, 3.05) is 12.4 Å². The second-order valence-electron chi connectivity index (χ2n) is 7.59. The maximum absolute atomic E-state index is 13.2. The number of allylic oxidation sites excluding steroid dienone is 1. The molecule has 0 aliphatic rings. The van der Waals surface area contributed by atoms with Crippen LogP contribution in [0.25, 0.3) is 16.9 Å². The standard InChI is InChI=1S/C23H23ClN10O/c1-28-19(6-8-25)31-22-29-9-7-17(30-22)15-11-18(26)34-20(12-15)32(2)23(35)33(21(34)27)13-14-4-3-5-16(24)10-14/h3-12,25-28H,13H2,1-2H3,(H,29,30,31)/b19-6+,25-8?,26-18?,27-21?. The van der Waals surface area contributed by atoms with Gasteiger partial charge in [-0.25, -0.2) is 19.2 Å². The number of aryl methyl sites for hydroxylation is 1. The lowest BCUT2D eigenvalue weighted by Crippen LogP contribution is -2.46. The molecule has 35 heavy (non-hydrogen) atoms. The smallest absolute Gasteiger partial charge is 0.332 e. The van der Waals surface area contributed by atoms with Gasteiger partial charge < -0.3 is 16.0 Å². The average molecular weight is 491 g/mol. The molecule has 0 spiro atoms. The largest absolute Gasteiger partial charge is 0.375 e. The van der Waals surface area contributed by atoms with E-state index in [1.165, 1.54) is 19.6 Å². The third-order valence-corrected chi connectivity index (χ3v) is 5.56. The Labute approximate surface area is 204 Å². The lowest BCUT2D eigenvalue weighted by atomic mass is 10.2. The number of nitrogens with one attached hydrogen (secondary N) is 5. The van der Waals surface area contributed by atoms with E-state index >= 15 is 0 Å². The zero-order valence-corrected chi connectivity index (χ0v) is 19.8. The average Bonchev–Trinajstić information content (AvgIpc) is 2.84. The molecule has 3 heterocycles. The highest BCUT2D eigenvalue weighted by atomic mass is 35.5. The number of anilines is 1. The van der Waals surface area contributed by atoms with Gasteiger partial charge in [0.25, 0.3) is 0 Å². The fourth-order valence-corrected chi connectivity index (χ4v) is 3.83. The van der Waals surface area contributed by atoms with E-state index in [2.05, 4.69) is 20.6 Å². The Morgan fingerprint density at radius 3 is 2.71 bits per heavy atom. The Kier molecular flexibility index (Phi) is 6.60. The minimum absolute atomic E-state index is 0.0191. The number of aromatic nitrogens is 5. The molecule has 5 N–H and O–H groups in total. The van der Waals surface area contributed by atoms with E-state index in [9.17, 15) is 4.79 Å². The van der Waals surface area contributed by atoms with Crippen LogP contribution in [0.3, 0.4) is 0 Å². The van der Waals surface area contributed by atoms with E-state index < -0.39 is 5.69 Å². The van der Waals surface area contributed by atoms with E-state index in [4.69, 9.17) is 27.8 Å². The van der Waals surface area contributed by atoms with Gasteiger partial charge in [0.2, 0.25) is 11.6 Å². The van der Waals surface area contributed by atoms with Gasteiger partial charge in [-0.05, 0) is 42.0 Å². The molecular formula is C23H23ClN10O. The summed E-state index contributed by atoms with van der Waals surface area (Å²) in [6, 6.07) is 12.1. The van der Waals surface area contributed by atoms with Gasteiger partial charge in [0.05, 0.1) is 12.2 Å². The Morgan fingerprint density at radius 2 is 2.00 bits per heavy atom. The van der Waals surface area contributed by atoms with Crippen LogP contribution in [0.4, 0.5) is 5.95 Å². The molecule has 11 nitrogen and oxygen atoms in total. The van der Waals surface area contributed by atoms with Gasteiger partial charge in [-0.15, -0.1) is 0 Å². The third kappa shape index (κ3) is 4.75. The van der Waals surface area contributed by atoms with Gasteiger partial charge in [0, 0.05) is 37.1 Å². The Hall–Kier alpha value is -4.51. The van der Waals surface area contributed by atoms with E-state index in [0.717, 1.165) is 11.8 Å². The van der Waals surface area contributed by atoms with E-state index in [-0.39, 0.29) is 17.7 Å². The number of nitrogens with zero attached hydrogens (tertiary/aromatic N) is 5. The van der Waals surface area contributed by atoms with Crippen LogP contribution >= 0.6 is 11.6 Å². The molecule has 0 radical (unpaired) electrons. The van der Waals surface area contributed by atoms with Gasteiger partial charge >= 0.3 is 5.69 Å². The second kappa shape index (κ2) is 9.77. The molecule has 4 aromatic rings. The molecule has 0 saturated carbocycles. The minimum atomic E-state index is -0.396. The molecule has 0 unspecified atom stereocenters. The van der Waals surface area contributed by atoms with Crippen molar-refractivity contribution in [1.29, 1.82) is 16.2 Å². The summed E-state index contributed by atoms with van der Waals surface area (Å²) in [5.74, 6) is 0.838. The molecule has 0 aliphatic carbocycles. The maximum atomic E-state index is 13.2. The van der Waals surface area contributed by atoms with Crippen molar-refractivity contribution in [3.05, 3.63) is 92.7 Å². The topological polar surface area (TPSA) is 153 Å². The quantitative estimate of drug-likeness (QED) is 0.249. The molecule has 0 amide bonds. The van der Waals surface area contributed by atoms with Crippen molar-refractivity contribution in [3.63, 3.8) is 0 Å². The van der Waals surface area contributed by atoms with E-state index in [1.807, 2.05) is 6.07 Å². The van der Waals surface area contributed by atoms with Crippen molar-refractivity contribution < 1.29 is 0 Å². The number of halogens is 1. The first-order chi connectivity index (χ1) is 16.8. The van der Waals surface area contributed by atoms with Crippen molar-refractivity contribution >= 4 is 29.4 Å². The van der Waals surface area contributed by atoms with E-state index in [0.29, 0.717) is 33.7 Å². The molecule has 3 aromatic heterocycles. The highest BCUT2D eigenvalue weighted by Crippen LogP contribution is 2.18. The van der Waals surface area contributed by atoms with E-state index in [1.54, 1.807) is 56.7 Å². The zero-order chi connectivity index (χ0) is 25.1. The van der Waals surface area contributed by atoms with Crippen LogP contribution in [0.2, 0.25) is 5.02 Å². The third-order valence-electron chi connectivity index (χ3n) is 5.32. The molecule has 4 rings (SSSR count). The van der Waals surface area contributed by atoms with Crippen LogP contribution in [0.15, 0.2) is 65.4 Å². The molecule has 0 aliphatic heterocycles. The summed E-state index contributed by atoms with van der Waals surface area (Å²) in [5.41, 5.74) is 1.76. The number of fused-ring (bicyclic) bond motifs is 1. The molecular weight excluding hydrogens is 468 g/mol. The van der Waals surface area contributed by atoms with Gasteiger partial charge in [-0.3, -0.25) is 20.0 Å². The number of pyridine rings is 1. The first kappa shape index (κ1) is 23.6. The predicted octanol–water partition coefficient (Wildman–Crippen LogP) is 1.68. The SMILES string of the molecule is CN/C(=C\C=N)Nc1nccc(-c2cc(=N)n3c(=N)n(Cc4cccc(Cl)c4)c(=O)n(C)c3c2)n1. The van der Waals surface area contributed by atoms with Crippen LogP contribution in [0, 0.1) is 16.2 Å². The summed E-state index contributed by atoms with van der Waals surface area (Å²) in [7, 11) is 3.31. The predicted molar refractivity (Wildman–Crippen MR) is 133 cm³/mol. The lowest BCUT2D eigenvalue weighted by molar-refractivity contribution is 0.578. The molecule has 1 aromatic carbocycles. The maximum Gasteiger partial charge on any atom is 0.332 e. The van der Waals surface area contributed by atoms with Crippen LogP contribution in [0.1, 0.15) is 5.56 Å². The summed E-state index contributed by atoms with van der Waals surface area (Å²) in [6.45, 7) is 0.147. The number of hydrogen-bond acceptors (Lipinski definition) is 8. The molecule has 0 atom stereocenters. The number of rotatable bonds is 7. The van der Waals surface area contributed by atoms with Gasteiger partial charge in [0.15, 0.2) is 0 Å². The van der Waals surface area contributed by atoms with Crippen molar-refractivity contribution in [2.24, 2.45) is 7.05 Å². The summed E-state index contributed by atoms with van der Waals surface area (Å²) >= 11 is 6.07. The summed E-state index contributed by atoms with van der Waals surface area (Å²) in [4.78, 5) is 21.8. The van der Waals surface area contributed by atoms with Gasteiger partial charge in [-0.1, -0.05) is 23.7 Å². The fraction of sp³-hybridized carbons (Fsp3) is 0.130.